The largest absolute Gasteiger partial charge is 0.395 e. The van der Waals surface area contributed by atoms with Crippen molar-refractivity contribution < 1.29 is 13.5 Å². The minimum Gasteiger partial charge on any atom is -0.395 e. The minimum absolute atomic E-state index is 0.0783. The third kappa shape index (κ3) is 10.5. The van der Waals surface area contributed by atoms with Gasteiger partial charge in [0, 0.05) is 23.8 Å². The standard InChI is InChI=1S/C9H21NO3S2/c1-3-4-10-9(7-11)8-14-5-6-15(2,12)13/h9-11H,3-8H2,1-2H3. The zero-order valence-corrected chi connectivity index (χ0v) is 11.0. The highest BCUT2D eigenvalue weighted by Crippen LogP contribution is 2.04. The van der Waals surface area contributed by atoms with Crippen LogP contribution in [0.3, 0.4) is 0 Å². The molecule has 0 fully saturated rings. The van der Waals surface area contributed by atoms with Gasteiger partial charge in [0.2, 0.25) is 0 Å². The van der Waals surface area contributed by atoms with Crippen LogP contribution in [0.4, 0.5) is 0 Å². The summed E-state index contributed by atoms with van der Waals surface area (Å²) in [4.78, 5) is 0. The highest BCUT2D eigenvalue weighted by Gasteiger charge is 2.07. The van der Waals surface area contributed by atoms with E-state index in [1.165, 1.54) is 6.26 Å². The highest BCUT2D eigenvalue weighted by molar-refractivity contribution is 8.00. The van der Waals surface area contributed by atoms with Gasteiger partial charge in [0.25, 0.3) is 0 Å². The van der Waals surface area contributed by atoms with Gasteiger partial charge in [-0.15, -0.1) is 0 Å². The topological polar surface area (TPSA) is 66.4 Å². The number of aliphatic hydroxyl groups is 1. The summed E-state index contributed by atoms with van der Waals surface area (Å²) >= 11 is 1.56. The lowest BCUT2D eigenvalue weighted by atomic mass is 10.3. The van der Waals surface area contributed by atoms with Crippen LogP contribution in [0.1, 0.15) is 13.3 Å². The Morgan fingerprint density at radius 2 is 2.13 bits per heavy atom. The fourth-order valence-corrected chi connectivity index (χ4v) is 3.32. The van der Waals surface area contributed by atoms with Crippen LogP contribution in [-0.4, -0.2) is 56.2 Å². The van der Waals surface area contributed by atoms with Crippen molar-refractivity contribution in [1.29, 1.82) is 0 Å². The summed E-state index contributed by atoms with van der Waals surface area (Å²) in [5, 5.41) is 12.2. The Balaban J connectivity index is 3.54. The summed E-state index contributed by atoms with van der Waals surface area (Å²) in [6, 6.07) is 0.0783. The maximum absolute atomic E-state index is 10.8. The van der Waals surface area contributed by atoms with E-state index in [0.29, 0.717) is 5.75 Å². The molecule has 0 amide bonds. The third-order valence-corrected chi connectivity index (χ3v) is 4.16. The van der Waals surface area contributed by atoms with E-state index in [1.54, 1.807) is 11.8 Å². The van der Waals surface area contributed by atoms with Gasteiger partial charge in [0.05, 0.1) is 12.4 Å². The Morgan fingerprint density at radius 3 is 2.60 bits per heavy atom. The Morgan fingerprint density at radius 1 is 1.47 bits per heavy atom. The molecule has 4 nitrogen and oxygen atoms in total. The number of hydrogen-bond acceptors (Lipinski definition) is 5. The van der Waals surface area contributed by atoms with Gasteiger partial charge >= 0.3 is 0 Å². The second kappa shape index (κ2) is 8.38. The number of hydrogen-bond donors (Lipinski definition) is 2. The predicted molar refractivity (Wildman–Crippen MR) is 66.2 cm³/mol. The van der Waals surface area contributed by atoms with Crippen LogP contribution in [0.15, 0.2) is 0 Å². The lowest BCUT2D eigenvalue weighted by Gasteiger charge is -2.14. The van der Waals surface area contributed by atoms with Gasteiger partial charge in [-0.1, -0.05) is 6.92 Å². The molecule has 0 aromatic heterocycles. The molecule has 0 aromatic rings. The molecule has 6 heteroatoms. The number of thioether (sulfide) groups is 1. The van der Waals surface area contributed by atoms with E-state index in [2.05, 4.69) is 12.2 Å². The molecule has 0 heterocycles. The molecular weight excluding hydrogens is 234 g/mol. The Labute approximate surface area is 96.8 Å². The minimum atomic E-state index is -2.85. The van der Waals surface area contributed by atoms with Crippen molar-refractivity contribution in [3.8, 4) is 0 Å². The smallest absolute Gasteiger partial charge is 0.148 e. The highest BCUT2D eigenvalue weighted by atomic mass is 32.2. The van der Waals surface area contributed by atoms with Crippen molar-refractivity contribution in [1.82, 2.24) is 5.32 Å². The maximum Gasteiger partial charge on any atom is 0.148 e. The van der Waals surface area contributed by atoms with Crippen LogP contribution in [0, 0.1) is 0 Å². The van der Waals surface area contributed by atoms with Crippen molar-refractivity contribution >= 4 is 21.6 Å². The van der Waals surface area contributed by atoms with Crippen LogP contribution >= 0.6 is 11.8 Å². The van der Waals surface area contributed by atoms with E-state index >= 15 is 0 Å². The van der Waals surface area contributed by atoms with Gasteiger partial charge in [-0.05, 0) is 13.0 Å². The maximum atomic E-state index is 10.8. The molecule has 0 rings (SSSR count). The van der Waals surface area contributed by atoms with Crippen molar-refractivity contribution in [2.75, 3.05) is 36.7 Å². The van der Waals surface area contributed by atoms with E-state index in [-0.39, 0.29) is 18.4 Å². The Hall–Kier alpha value is 0.220. The number of nitrogens with one attached hydrogen (secondary N) is 1. The molecule has 0 aliphatic heterocycles. The van der Waals surface area contributed by atoms with Gasteiger partial charge in [0.15, 0.2) is 0 Å². The summed E-state index contributed by atoms with van der Waals surface area (Å²) in [5.74, 6) is 1.57. The molecule has 0 aliphatic rings. The van der Waals surface area contributed by atoms with Crippen molar-refractivity contribution in [2.24, 2.45) is 0 Å². The molecule has 0 bridgehead atoms. The van der Waals surface area contributed by atoms with Crippen LogP contribution < -0.4 is 5.32 Å². The number of aliphatic hydroxyl groups excluding tert-OH is 1. The van der Waals surface area contributed by atoms with Crippen LogP contribution in [0.2, 0.25) is 0 Å². The first-order chi connectivity index (χ1) is 6.99. The SMILES string of the molecule is CCCNC(CO)CSCCS(C)(=O)=O. The van der Waals surface area contributed by atoms with E-state index < -0.39 is 9.84 Å². The van der Waals surface area contributed by atoms with Crippen molar-refractivity contribution in [3.63, 3.8) is 0 Å². The summed E-state index contributed by atoms with van der Waals surface area (Å²) < 4.78 is 21.7. The molecule has 0 spiro atoms. The zero-order chi connectivity index (χ0) is 11.7. The fourth-order valence-electron chi connectivity index (χ4n) is 0.961. The molecule has 15 heavy (non-hydrogen) atoms. The van der Waals surface area contributed by atoms with Gasteiger partial charge in [-0.2, -0.15) is 11.8 Å². The second-order valence-corrected chi connectivity index (χ2v) is 6.95. The molecule has 0 saturated carbocycles. The molecule has 2 N–H and O–H groups in total. The number of rotatable bonds is 9. The van der Waals surface area contributed by atoms with E-state index in [9.17, 15) is 8.42 Å². The van der Waals surface area contributed by atoms with Crippen molar-refractivity contribution in [3.05, 3.63) is 0 Å². The normalized spacial score (nSPS) is 14.1. The van der Waals surface area contributed by atoms with E-state index in [0.717, 1.165) is 18.7 Å². The average molecular weight is 255 g/mol. The molecule has 92 valence electrons. The van der Waals surface area contributed by atoms with Crippen LogP contribution in [0.5, 0.6) is 0 Å². The molecule has 0 aromatic carbocycles. The first-order valence-corrected chi connectivity index (χ1v) is 8.30. The average Bonchev–Trinajstić information content (AvgIpc) is 2.15. The molecule has 0 saturated heterocycles. The van der Waals surface area contributed by atoms with Gasteiger partial charge < -0.3 is 10.4 Å². The third-order valence-electron chi connectivity index (χ3n) is 1.82. The quantitative estimate of drug-likeness (QED) is 0.573. The monoisotopic (exact) mass is 255 g/mol. The van der Waals surface area contributed by atoms with Crippen molar-refractivity contribution in [2.45, 2.75) is 19.4 Å². The summed E-state index contributed by atoms with van der Waals surface area (Å²) in [6.07, 6.45) is 2.27. The molecule has 0 aliphatic carbocycles. The molecule has 0 radical (unpaired) electrons. The van der Waals surface area contributed by atoms with Crippen LogP contribution in [-0.2, 0) is 9.84 Å². The predicted octanol–water partition coefficient (Wildman–Crippen LogP) is 0.125. The summed E-state index contributed by atoms with van der Waals surface area (Å²) in [6.45, 7) is 3.06. The second-order valence-electron chi connectivity index (χ2n) is 3.54. The van der Waals surface area contributed by atoms with Crippen LogP contribution in [0.25, 0.3) is 0 Å². The Bertz CT molecular complexity index is 242. The lowest BCUT2D eigenvalue weighted by Crippen LogP contribution is -2.35. The van der Waals surface area contributed by atoms with E-state index in [4.69, 9.17) is 5.11 Å². The zero-order valence-electron chi connectivity index (χ0n) is 9.40. The lowest BCUT2D eigenvalue weighted by molar-refractivity contribution is 0.254. The molecule has 1 atom stereocenters. The summed E-state index contributed by atoms with van der Waals surface area (Å²) in [5.41, 5.74) is 0. The summed E-state index contributed by atoms with van der Waals surface area (Å²) in [7, 11) is -2.85. The van der Waals surface area contributed by atoms with Gasteiger partial charge in [-0.25, -0.2) is 8.42 Å². The van der Waals surface area contributed by atoms with E-state index in [1.807, 2.05) is 0 Å². The first kappa shape index (κ1) is 15.2. The fraction of sp³-hybridized carbons (Fsp3) is 1.00. The van der Waals surface area contributed by atoms with Gasteiger partial charge in [0.1, 0.15) is 9.84 Å². The Kier molecular flexibility index (Phi) is 8.50. The van der Waals surface area contributed by atoms with Gasteiger partial charge in [-0.3, -0.25) is 0 Å². The molecule has 1 unspecified atom stereocenters. The molecular formula is C9H21NO3S2. The number of sulfone groups is 1. The first-order valence-electron chi connectivity index (χ1n) is 5.09.